The Labute approximate surface area is 189 Å². The lowest BCUT2D eigenvalue weighted by molar-refractivity contribution is -0.146. The quantitative estimate of drug-likeness (QED) is 0.624. The summed E-state index contributed by atoms with van der Waals surface area (Å²) in [6.45, 7) is 0.550. The molecule has 8 nitrogen and oxygen atoms in total. The van der Waals surface area contributed by atoms with Gasteiger partial charge in [-0.05, 0) is 34.4 Å². The summed E-state index contributed by atoms with van der Waals surface area (Å²) in [6, 6.07) is 19.3. The third-order valence-corrected chi connectivity index (χ3v) is 6.09. The van der Waals surface area contributed by atoms with Crippen LogP contribution in [0.5, 0.6) is 0 Å². The molecule has 1 fully saturated rings. The van der Waals surface area contributed by atoms with E-state index in [9.17, 15) is 14.4 Å². The van der Waals surface area contributed by atoms with Crippen molar-refractivity contribution in [3.63, 3.8) is 0 Å². The number of nitrogens with one attached hydrogen (secondary N) is 1. The van der Waals surface area contributed by atoms with Crippen molar-refractivity contribution in [3.05, 3.63) is 83.7 Å². The maximum Gasteiger partial charge on any atom is 0.411 e. The first-order valence-corrected chi connectivity index (χ1v) is 10.6. The molecule has 2 aromatic carbocycles. The molecule has 1 aromatic heterocycles. The summed E-state index contributed by atoms with van der Waals surface area (Å²) in [6.07, 6.45) is 0.771. The number of likely N-dealkylation sites (tertiary alicyclic amines) is 1. The van der Waals surface area contributed by atoms with Crippen LogP contribution in [0.1, 0.15) is 27.5 Å². The highest BCUT2D eigenvalue weighted by atomic mass is 16.5. The molecule has 8 heteroatoms. The number of aliphatic carboxylic acids is 1. The van der Waals surface area contributed by atoms with Gasteiger partial charge in [-0.25, -0.2) is 9.78 Å². The molecule has 0 radical (unpaired) electrons. The van der Waals surface area contributed by atoms with Gasteiger partial charge in [0.05, 0.1) is 17.8 Å². The number of carbonyl (C=O) groups excluding carboxylic acids is 2. The van der Waals surface area contributed by atoms with Gasteiger partial charge in [-0.1, -0.05) is 48.5 Å². The molecular formula is C25H21N3O5. The summed E-state index contributed by atoms with van der Waals surface area (Å²) < 4.78 is 5.51. The van der Waals surface area contributed by atoms with E-state index in [1.807, 2.05) is 24.3 Å². The van der Waals surface area contributed by atoms with Gasteiger partial charge in [0, 0.05) is 19.0 Å². The predicted octanol–water partition coefficient (Wildman–Crippen LogP) is 3.60. The van der Waals surface area contributed by atoms with Crippen LogP contribution in [-0.2, 0) is 9.53 Å². The Morgan fingerprint density at radius 3 is 2.18 bits per heavy atom. The lowest BCUT2D eigenvalue weighted by Gasteiger charge is -2.36. The van der Waals surface area contributed by atoms with Crippen molar-refractivity contribution < 1.29 is 24.2 Å². The molecule has 0 unspecified atom stereocenters. The smallest absolute Gasteiger partial charge is 0.411 e. The molecule has 166 valence electrons. The average Bonchev–Trinajstić information content (AvgIpc) is 3.11. The maximum atomic E-state index is 12.4. The molecule has 1 aliphatic heterocycles. The largest absolute Gasteiger partial charge is 0.481 e. The number of pyridine rings is 1. The van der Waals surface area contributed by atoms with Crippen molar-refractivity contribution in [2.24, 2.45) is 5.92 Å². The molecule has 2 aliphatic rings. The van der Waals surface area contributed by atoms with Crippen LogP contribution in [-0.4, -0.2) is 52.7 Å². The van der Waals surface area contributed by atoms with Crippen LogP contribution >= 0.6 is 0 Å². The van der Waals surface area contributed by atoms with Gasteiger partial charge in [0.1, 0.15) is 12.3 Å². The Bertz CT molecular complexity index is 1190. The molecule has 1 saturated heterocycles. The van der Waals surface area contributed by atoms with Gasteiger partial charge in [0.25, 0.3) is 5.91 Å². The molecular weight excluding hydrogens is 422 g/mol. The number of nitrogens with zero attached hydrogens (tertiary/aromatic N) is 2. The molecule has 0 spiro atoms. The van der Waals surface area contributed by atoms with E-state index in [-0.39, 0.29) is 37.2 Å². The number of carboxylic acids is 1. The number of aromatic nitrogens is 1. The van der Waals surface area contributed by atoms with Gasteiger partial charge in [0.2, 0.25) is 0 Å². The minimum absolute atomic E-state index is 0.0348. The fourth-order valence-electron chi connectivity index (χ4n) is 4.31. The summed E-state index contributed by atoms with van der Waals surface area (Å²) in [5, 5.41) is 11.6. The second-order valence-corrected chi connectivity index (χ2v) is 8.13. The molecule has 0 bridgehead atoms. The van der Waals surface area contributed by atoms with Crippen LogP contribution in [0.2, 0.25) is 0 Å². The number of ether oxygens (including phenoxy) is 1. The topological polar surface area (TPSA) is 109 Å². The monoisotopic (exact) mass is 443 g/mol. The highest BCUT2D eigenvalue weighted by Crippen LogP contribution is 2.44. The predicted molar refractivity (Wildman–Crippen MR) is 120 cm³/mol. The number of benzene rings is 2. The van der Waals surface area contributed by atoms with E-state index in [4.69, 9.17) is 9.84 Å². The van der Waals surface area contributed by atoms with Crippen LogP contribution < -0.4 is 5.32 Å². The third kappa shape index (κ3) is 3.91. The Hall–Kier alpha value is -4.20. The summed E-state index contributed by atoms with van der Waals surface area (Å²) >= 11 is 0. The normalized spacial score (nSPS) is 14.7. The number of anilines is 1. The number of amides is 2. The Kier molecular flexibility index (Phi) is 5.26. The zero-order chi connectivity index (χ0) is 22.9. The lowest BCUT2D eigenvalue weighted by atomic mass is 9.98. The zero-order valence-corrected chi connectivity index (χ0v) is 17.6. The zero-order valence-electron chi connectivity index (χ0n) is 17.6. The van der Waals surface area contributed by atoms with E-state index in [0.29, 0.717) is 5.69 Å². The number of hydrogen-bond donors (Lipinski definition) is 2. The van der Waals surface area contributed by atoms with E-state index in [2.05, 4.69) is 34.6 Å². The third-order valence-electron chi connectivity index (χ3n) is 6.09. The van der Waals surface area contributed by atoms with Crippen LogP contribution in [0.25, 0.3) is 11.1 Å². The highest BCUT2D eigenvalue weighted by molar-refractivity contribution is 5.94. The summed E-state index contributed by atoms with van der Waals surface area (Å²) in [4.78, 5) is 41.1. The molecule has 2 N–H and O–H groups in total. The van der Waals surface area contributed by atoms with Crippen LogP contribution in [0.15, 0.2) is 66.9 Å². The minimum Gasteiger partial charge on any atom is -0.481 e. The van der Waals surface area contributed by atoms with Crippen LogP contribution in [0, 0.1) is 5.92 Å². The maximum absolute atomic E-state index is 12.4. The molecule has 2 amide bonds. The number of carbonyl (C=O) groups is 3. The van der Waals surface area contributed by atoms with Crippen molar-refractivity contribution in [3.8, 4) is 11.1 Å². The number of hydrogen-bond acceptors (Lipinski definition) is 5. The van der Waals surface area contributed by atoms with E-state index in [1.165, 1.54) is 17.2 Å². The summed E-state index contributed by atoms with van der Waals surface area (Å²) in [7, 11) is 0. The molecule has 33 heavy (non-hydrogen) atoms. The molecule has 3 aromatic rings. The van der Waals surface area contributed by atoms with Crippen molar-refractivity contribution in [2.75, 3.05) is 25.0 Å². The van der Waals surface area contributed by atoms with Crippen molar-refractivity contribution in [1.29, 1.82) is 0 Å². The fraction of sp³-hybridized carbons (Fsp3) is 0.200. The minimum atomic E-state index is -0.908. The molecule has 5 rings (SSSR count). The second kappa shape index (κ2) is 8.38. The molecule has 1 aliphatic carbocycles. The Morgan fingerprint density at radius 1 is 0.970 bits per heavy atom. The van der Waals surface area contributed by atoms with Crippen LogP contribution in [0.4, 0.5) is 10.5 Å². The summed E-state index contributed by atoms with van der Waals surface area (Å²) in [5.74, 6) is -1.80. The first kappa shape index (κ1) is 20.7. The van der Waals surface area contributed by atoms with Crippen molar-refractivity contribution >= 4 is 23.7 Å². The lowest BCUT2D eigenvalue weighted by Crippen LogP contribution is -2.53. The van der Waals surface area contributed by atoms with Crippen LogP contribution in [0.3, 0.4) is 0 Å². The van der Waals surface area contributed by atoms with Gasteiger partial charge < -0.3 is 14.7 Å². The molecule has 0 atom stereocenters. The first-order chi connectivity index (χ1) is 16.0. The van der Waals surface area contributed by atoms with E-state index < -0.39 is 18.0 Å². The van der Waals surface area contributed by atoms with Crippen molar-refractivity contribution in [1.82, 2.24) is 9.88 Å². The number of fused-ring (bicyclic) bond motifs is 3. The first-order valence-electron chi connectivity index (χ1n) is 10.6. The summed E-state index contributed by atoms with van der Waals surface area (Å²) in [5.41, 5.74) is 5.17. The fourth-order valence-corrected chi connectivity index (χ4v) is 4.31. The van der Waals surface area contributed by atoms with Gasteiger partial charge in [-0.2, -0.15) is 0 Å². The van der Waals surface area contributed by atoms with E-state index in [0.717, 1.165) is 22.3 Å². The Balaban J connectivity index is 1.18. The van der Waals surface area contributed by atoms with Gasteiger partial charge in [-0.15, -0.1) is 0 Å². The number of carboxylic acid groups (broad SMARTS) is 1. The highest BCUT2D eigenvalue weighted by Gasteiger charge is 2.36. The SMILES string of the molecule is O=C(Nc1ccc(C(=O)N2CC(C(=O)O)C2)nc1)OCC1c2ccccc2-c2ccccc21. The molecule has 2 heterocycles. The van der Waals surface area contributed by atoms with Gasteiger partial charge >= 0.3 is 12.1 Å². The average molecular weight is 443 g/mol. The standard InChI is InChI=1S/C25H21N3O5/c29-23(28-12-15(13-28)24(30)31)22-10-9-16(11-26-22)27-25(32)33-14-21-19-7-3-1-5-17(19)18-6-2-4-8-20(18)21/h1-11,15,21H,12-14H2,(H,27,32)(H,30,31). The van der Waals surface area contributed by atoms with E-state index in [1.54, 1.807) is 6.07 Å². The van der Waals surface area contributed by atoms with Gasteiger partial charge in [0.15, 0.2) is 0 Å². The van der Waals surface area contributed by atoms with E-state index >= 15 is 0 Å². The van der Waals surface area contributed by atoms with Crippen molar-refractivity contribution in [2.45, 2.75) is 5.92 Å². The molecule has 0 saturated carbocycles. The number of rotatable bonds is 5. The Morgan fingerprint density at radius 2 is 1.61 bits per heavy atom. The van der Waals surface area contributed by atoms with Gasteiger partial charge in [-0.3, -0.25) is 14.9 Å². The second-order valence-electron chi connectivity index (χ2n) is 8.13.